The first-order valence-corrected chi connectivity index (χ1v) is 10.6. The minimum atomic E-state index is -0.498. The Bertz CT molecular complexity index is 813. The van der Waals surface area contributed by atoms with Gasteiger partial charge in [-0.15, -0.1) is 0 Å². The predicted octanol–water partition coefficient (Wildman–Crippen LogP) is 2.83. The van der Waals surface area contributed by atoms with Crippen LogP contribution in [0.2, 0.25) is 0 Å². The summed E-state index contributed by atoms with van der Waals surface area (Å²) in [6.07, 6.45) is 1.14. The maximum absolute atomic E-state index is 14.7. The van der Waals surface area contributed by atoms with Crippen LogP contribution in [0.25, 0.3) is 11.1 Å². The lowest BCUT2D eigenvalue weighted by Gasteiger charge is -2.27. The van der Waals surface area contributed by atoms with Crippen molar-refractivity contribution in [3.05, 3.63) is 59.2 Å². The maximum atomic E-state index is 14.7. The van der Waals surface area contributed by atoms with E-state index in [1.165, 1.54) is 0 Å². The van der Waals surface area contributed by atoms with Crippen LogP contribution in [-0.4, -0.2) is 62.2 Å². The molecule has 4 nitrogen and oxygen atoms in total. The van der Waals surface area contributed by atoms with Crippen LogP contribution in [0.4, 0.5) is 8.78 Å². The molecule has 0 aromatic heterocycles. The number of nitrogens with one attached hydrogen (secondary N) is 2. The molecule has 2 N–H and O–H groups in total. The number of rotatable bonds is 5. The lowest BCUT2D eigenvalue weighted by atomic mass is 9.99. The monoisotopic (exact) mass is 400 g/mol. The second-order valence-corrected chi connectivity index (χ2v) is 8.03. The Morgan fingerprint density at radius 2 is 1.48 bits per heavy atom. The smallest absolute Gasteiger partial charge is 0.133 e. The average Bonchev–Trinajstić information content (AvgIpc) is 3.00. The van der Waals surface area contributed by atoms with Crippen LogP contribution in [0.5, 0.6) is 0 Å². The fraction of sp³-hybridized carbons (Fsp3) is 0.478. The molecule has 4 rings (SSSR count). The Kier molecular flexibility index (Phi) is 6.87. The summed E-state index contributed by atoms with van der Waals surface area (Å²) in [6, 6.07) is 10.8. The van der Waals surface area contributed by atoms with Crippen LogP contribution in [0, 0.1) is 11.6 Å². The van der Waals surface area contributed by atoms with Crippen molar-refractivity contribution < 1.29 is 8.78 Å². The first-order valence-electron chi connectivity index (χ1n) is 10.6. The van der Waals surface area contributed by atoms with Gasteiger partial charge in [0.15, 0.2) is 0 Å². The highest BCUT2D eigenvalue weighted by Gasteiger charge is 2.17. The molecule has 0 spiro atoms. The number of hydrogen-bond donors (Lipinski definition) is 2. The third kappa shape index (κ3) is 5.39. The SMILES string of the molecule is Fc1cc(F)c(-c2cccc(CN3CCCNCC3)c2)cc1CN1CCNCC1. The largest absolute Gasteiger partial charge is 0.315 e. The van der Waals surface area contributed by atoms with Gasteiger partial charge in [0.1, 0.15) is 11.6 Å². The van der Waals surface area contributed by atoms with Gasteiger partial charge in [0.05, 0.1) is 0 Å². The Labute approximate surface area is 171 Å². The zero-order valence-electron chi connectivity index (χ0n) is 16.9. The zero-order chi connectivity index (χ0) is 20.1. The minimum Gasteiger partial charge on any atom is -0.315 e. The summed E-state index contributed by atoms with van der Waals surface area (Å²) in [4.78, 5) is 4.64. The normalized spacial score (nSPS) is 19.2. The molecule has 0 aliphatic carbocycles. The van der Waals surface area contributed by atoms with Crippen LogP contribution in [0.1, 0.15) is 17.5 Å². The molecule has 6 heteroatoms. The van der Waals surface area contributed by atoms with E-state index in [1.807, 2.05) is 18.2 Å². The lowest BCUT2D eigenvalue weighted by molar-refractivity contribution is 0.230. The Morgan fingerprint density at radius 1 is 0.759 bits per heavy atom. The van der Waals surface area contributed by atoms with E-state index in [4.69, 9.17) is 0 Å². The van der Waals surface area contributed by atoms with Gasteiger partial charge in [-0.25, -0.2) is 8.78 Å². The van der Waals surface area contributed by atoms with E-state index < -0.39 is 11.6 Å². The van der Waals surface area contributed by atoms with E-state index in [-0.39, 0.29) is 0 Å². The topological polar surface area (TPSA) is 30.5 Å². The number of benzene rings is 2. The molecule has 0 unspecified atom stereocenters. The third-order valence-corrected chi connectivity index (χ3v) is 5.82. The second kappa shape index (κ2) is 9.76. The second-order valence-electron chi connectivity index (χ2n) is 8.03. The van der Waals surface area contributed by atoms with Crippen LogP contribution in [-0.2, 0) is 13.1 Å². The van der Waals surface area contributed by atoms with Crippen molar-refractivity contribution in [2.45, 2.75) is 19.5 Å². The van der Waals surface area contributed by atoms with E-state index in [9.17, 15) is 8.78 Å². The van der Waals surface area contributed by atoms with E-state index in [1.54, 1.807) is 6.07 Å². The first kappa shape index (κ1) is 20.4. The van der Waals surface area contributed by atoms with Crippen LogP contribution in [0.15, 0.2) is 36.4 Å². The van der Waals surface area contributed by atoms with Gasteiger partial charge in [-0.1, -0.05) is 18.2 Å². The van der Waals surface area contributed by atoms with Gasteiger partial charge in [0.25, 0.3) is 0 Å². The summed E-state index contributed by atoms with van der Waals surface area (Å²) in [6.45, 7) is 9.09. The Morgan fingerprint density at radius 3 is 2.28 bits per heavy atom. The molecular weight excluding hydrogens is 370 g/mol. The molecule has 2 saturated heterocycles. The highest BCUT2D eigenvalue weighted by Crippen LogP contribution is 2.27. The molecule has 0 atom stereocenters. The number of piperazine rings is 1. The first-order chi connectivity index (χ1) is 14.2. The summed E-state index contributed by atoms with van der Waals surface area (Å²) in [5.41, 5.74) is 3.02. The van der Waals surface area contributed by atoms with Gasteiger partial charge in [0.2, 0.25) is 0 Å². The van der Waals surface area contributed by atoms with E-state index in [2.05, 4.69) is 26.5 Å². The van der Waals surface area contributed by atoms with Crippen molar-refractivity contribution >= 4 is 0 Å². The average molecular weight is 401 g/mol. The van der Waals surface area contributed by atoms with Gasteiger partial charge in [-0.05, 0) is 42.8 Å². The third-order valence-electron chi connectivity index (χ3n) is 5.82. The zero-order valence-corrected chi connectivity index (χ0v) is 16.9. The van der Waals surface area contributed by atoms with Crippen LogP contribution >= 0.6 is 0 Å². The molecule has 0 saturated carbocycles. The summed E-state index contributed by atoms with van der Waals surface area (Å²) in [5.74, 6) is -0.958. The van der Waals surface area contributed by atoms with E-state index in [0.717, 1.165) is 82.5 Å². The van der Waals surface area contributed by atoms with E-state index in [0.29, 0.717) is 17.7 Å². The summed E-state index contributed by atoms with van der Waals surface area (Å²) in [7, 11) is 0. The molecule has 2 aromatic carbocycles. The highest BCUT2D eigenvalue weighted by molar-refractivity contribution is 5.66. The molecule has 0 bridgehead atoms. The lowest BCUT2D eigenvalue weighted by Crippen LogP contribution is -2.43. The molecule has 29 heavy (non-hydrogen) atoms. The van der Waals surface area contributed by atoms with Gasteiger partial charge in [0, 0.05) is 69.6 Å². The fourth-order valence-electron chi connectivity index (χ4n) is 4.20. The summed E-state index contributed by atoms with van der Waals surface area (Å²) >= 11 is 0. The molecule has 2 fully saturated rings. The van der Waals surface area contributed by atoms with Crippen molar-refractivity contribution in [3.63, 3.8) is 0 Å². The summed E-state index contributed by atoms with van der Waals surface area (Å²) < 4.78 is 29.1. The fourth-order valence-corrected chi connectivity index (χ4v) is 4.20. The number of hydrogen-bond acceptors (Lipinski definition) is 4. The molecule has 156 valence electrons. The number of nitrogens with zero attached hydrogens (tertiary/aromatic N) is 2. The molecule has 2 aliphatic heterocycles. The van der Waals surface area contributed by atoms with Crippen molar-refractivity contribution in [3.8, 4) is 11.1 Å². The van der Waals surface area contributed by atoms with Crippen molar-refractivity contribution in [1.82, 2.24) is 20.4 Å². The van der Waals surface area contributed by atoms with Crippen molar-refractivity contribution in [2.24, 2.45) is 0 Å². The van der Waals surface area contributed by atoms with Gasteiger partial charge < -0.3 is 10.6 Å². The van der Waals surface area contributed by atoms with Gasteiger partial charge >= 0.3 is 0 Å². The summed E-state index contributed by atoms with van der Waals surface area (Å²) in [5, 5.41) is 6.72. The molecule has 2 aliphatic rings. The molecular formula is C23H30F2N4. The Hall–Kier alpha value is -1.86. The minimum absolute atomic E-state index is 0.460. The molecule has 0 amide bonds. The highest BCUT2D eigenvalue weighted by atomic mass is 19.1. The Balaban J connectivity index is 1.54. The molecule has 2 aromatic rings. The van der Waals surface area contributed by atoms with Gasteiger partial charge in [-0.2, -0.15) is 0 Å². The standard InChI is InChI=1S/C23H30F2N4/c24-22-15-23(25)21(14-20(22)17-29-11-7-27-8-12-29)19-4-1-3-18(13-19)16-28-9-2-5-26-6-10-28/h1,3-4,13-15,26-27H,2,5-12,16-17H2. The van der Waals surface area contributed by atoms with Crippen molar-refractivity contribution in [1.29, 1.82) is 0 Å². The van der Waals surface area contributed by atoms with Gasteiger partial charge in [-0.3, -0.25) is 9.80 Å². The predicted molar refractivity (Wildman–Crippen MR) is 113 cm³/mol. The number of halogens is 2. The molecule has 0 radical (unpaired) electrons. The van der Waals surface area contributed by atoms with Crippen molar-refractivity contribution in [2.75, 3.05) is 52.4 Å². The van der Waals surface area contributed by atoms with E-state index >= 15 is 0 Å². The molecule has 2 heterocycles. The maximum Gasteiger partial charge on any atom is 0.133 e. The van der Waals surface area contributed by atoms with Crippen LogP contribution in [0.3, 0.4) is 0 Å². The quantitative estimate of drug-likeness (QED) is 0.808. The van der Waals surface area contributed by atoms with Crippen LogP contribution < -0.4 is 10.6 Å².